The van der Waals surface area contributed by atoms with Gasteiger partial charge in [-0.15, -0.1) is 0 Å². The fourth-order valence-corrected chi connectivity index (χ4v) is 2.66. The second-order valence-corrected chi connectivity index (χ2v) is 5.86. The molecule has 0 atom stereocenters. The lowest BCUT2D eigenvalue weighted by Crippen LogP contribution is -2.47. The van der Waals surface area contributed by atoms with Crippen LogP contribution in [0.4, 0.5) is 0 Å². The Morgan fingerprint density at radius 2 is 2.10 bits per heavy atom. The molecule has 7 heteroatoms. The summed E-state index contributed by atoms with van der Waals surface area (Å²) in [5.74, 6) is -0.128. The minimum absolute atomic E-state index is 0.0239. The van der Waals surface area contributed by atoms with Gasteiger partial charge < -0.3 is 10.6 Å². The minimum Gasteiger partial charge on any atom is -0.358 e. The zero-order valence-corrected chi connectivity index (χ0v) is 13.5. The molecule has 1 aliphatic heterocycles. The number of halogens is 1. The van der Waals surface area contributed by atoms with E-state index in [1.165, 1.54) is 0 Å². The van der Waals surface area contributed by atoms with Crippen LogP contribution >= 0.6 is 15.9 Å². The van der Waals surface area contributed by atoms with E-state index in [0.717, 1.165) is 25.9 Å². The molecule has 6 nitrogen and oxygen atoms in total. The maximum atomic E-state index is 12.1. The van der Waals surface area contributed by atoms with Crippen molar-refractivity contribution in [1.82, 2.24) is 20.5 Å². The van der Waals surface area contributed by atoms with Crippen LogP contribution in [0.2, 0.25) is 0 Å². The van der Waals surface area contributed by atoms with E-state index in [1.807, 2.05) is 0 Å². The van der Waals surface area contributed by atoms with Gasteiger partial charge in [0, 0.05) is 26.2 Å². The van der Waals surface area contributed by atoms with Gasteiger partial charge in [-0.05, 0) is 40.9 Å². The molecule has 2 heterocycles. The van der Waals surface area contributed by atoms with Crippen molar-refractivity contribution in [3.8, 4) is 0 Å². The van der Waals surface area contributed by atoms with Crippen LogP contribution in [0.25, 0.3) is 0 Å². The first-order valence-electron chi connectivity index (χ1n) is 6.95. The van der Waals surface area contributed by atoms with Crippen LogP contribution in [0.1, 0.15) is 23.3 Å². The van der Waals surface area contributed by atoms with Crippen molar-refractivity contribution >= 4 is 27.7 Å². The summed E-state index contributed by atoms with van der Waals surface area (Å²) in [6.45, 7) is 2.04. The van der Waals surface area contributed by atoms with E-state index in [0.29, 0.717) is 16.8 Å². The summed E-state index contributed by atoms with van der Waals surface area (Å²) in [5.41, 5.74) is 0.414. The molecule has 0 saturated carbocycles. The number of pyridine rings is 1. The molecule has 0 aromatic carbocycles. The molecule has 1 saturated heterocycles. The smallest absolute Gasteiger partial charge is 0.270 e. The number of amides is 2. The molecule has 0 radical (unpaired) electrons. The van der Waals surface area contributed by atoms with E-state index in [1.54, 1.807) is 25.2 Å². The first kappa shape index (κ1) is 15.9. The number of nitrogens with zero attached hydrogens (tertiary/aromatic N) is 2. The van der Waals surface area contributed by atoms with Crippen LogP contribution in [0.3, 0.4) is 0 Å². The highest BCUT2D eigenvalue weighted by Crippen LogP contribution is 2.11. The van der Waals surface area contributed by atoms with Crippen LogP contribution in [-0.2, 0) is 4.79 Å². The fraction of sp³-hybridized carbons (Fsp3) is 0.500. The number of nitrogens with one attached hydrogen (secondary N) is 2. The Kier molecular flexibility index (Phi) is 5.69. The molecule has 0 bridgehead atoms. The molecular weight excluding hydrogens is 336 g/mol. The third-order valence-corrected chi connectivity index (χ3v) is 3.96. The summed E-state index contributed by atoms with van der Waals surface area (Å²) < 4.78 is 0.649. The zero-order chi connectivity index (χ0) is 15.2. The number of aromatic nitrogens is 1. The lowest BCUT2D eigenvalue weighted by molar-refractivity contribution is -0.122. The van der Waals surface area contributed by atoms with E-state index in [4.69, 9.17) is 0 Å². The Morgan fingerprint density at radius 3 is 2.71 bits per heavy atom. The van der Waals surface area contributed by atoms with Gasteiger partial charge in [-0.25, -0.2) is 4.98 Å². The molecule has 0 spiro atoms. The molecule has 2 rings (SSSR count). The second kappa shape index (κ2) is 7.51. The summed E-state index contributed by atoms with van der Waals surface area (Å²) in [7, 11) is 1.64. The Balaban J connectivity index is 1.81. The largest absolute Gasteiger partial charge is 0.358 e. The quantitative estimate of drug-likeness (QED) is 0.783. The van der Waals surface area contributed by atoms with E-state index < -0.39 is 0 Å². The minimum atomic E-state index is -0.152. The maximum absolute atomic E-state index is 12.1. The number of hydrogen-bond acceptors (Lipinski definition) is 4. The standard InChI is InChI=1S/C14H19BrN4O2/c1-16-13(20)9-19-7-5-10(6-8-19)17-14(21)11-3-2-4-12(15)18-11/h2-4,10H,5-9H2,1H3,(H,16,20)(H,17,21). The molecule has 21 heavy (non-hydrogen) atoms. The number of hydrogen-bond donors (Lipinski definition) is 2. The maximum Gasteiger partial charge on any atom is 0.270 e. The lowest BCUT2D eigenvalue weighted by atomic mass is 10.0. The summed E-state index contributed by atoms with van der Waals surface area (Å²) >= 11 is 3.26. The van der Waals surface area contributed by atoms with Crippen LogP contribution in [0.5, 0.6) is 0 Å². The Morgan fingerprint density at radius 1 is 1.38 bits per heavy atom. The Labute approximate surface area is 132 Å². The molecule has 1 aromatic rings. The Hall–Kier alpha value is -1.47. The number of carbonyl (C=O) groups excluding carboxylic acids is 2. The highest BCUT2D eigenvalue weighted by Gasteiger charge is 2.22. The number of likely N-dealkylation sites (tertiary alicyclic amines) is 1. The summed E-state index contributed by atoms with van der Waals surface area (Å²) in [6, 6.07) is 5.41. The molecule has 1 aromatic heterocycles. The van der Waals surface area contributed by atoms with Crippen LogP contribution in [0, 0.1) is 0 Å². The molecule has 1 aliphatic rings. The van der Waals surface area contributed by atoms with Gasteiger partial charge >= 0.3 is 0 Å². The number of rotatable bonds is 4. The van der Waals surface area contributed by atoms with E-state index in [9.17, 15) is 9.59 Å². The van der Waals surface area contributed by atoms with Crippen molar-refractivity contribution < 1.29 is 9.59 Å². The number of piperidine rings is 1. The van der Waals surface area contributed by atoms with Gasteiger partial charge in [0.05, 0.1) is 6.54 Å². The molecule has 1 fully saturated rings. The first-order valence-corrected chi connectivity index (χ1v) is 7.74. The average Bonchev–Trinajstić information content (AvgIpc) is 2.49. The van der Waals surface area contributed by atoms with Gasteiger partial charge in [-0.1, -0.05) is 6.07 Å². The normalized spacial score (nSPS) is 16.5. The number of carbonyl (C=O) groups is 2. The molecule has 114 valence electrons. The van der Waals surface area contributed by atoms with Gasteiger partial charge in [0.25, 0.3) is 5.91 Å². The van der Waals surface area contributed by atoms with Crippen molar-refractivity contribution in [1.29, 1.82) is 0 Å². The Bertz CT molecular complexity index is 515. The summed E-state index contributed by atoms with van der Waals surface area (Å²) in [4.78, 5) is 29.7. The van der Waals surface area contributed by atoms with Crippen LogP contribution in [0.15, 0.2) is 22.8 Å². The molecular formula is C14H19BrN4O2. The van der Waals surface area contributed by atoms with Gasteiger partial charge in [-0.3, -0.25) is 14.5 Å². The third kappa shape index (κ3) is 4.78. The average molecular weight is 355 g/mol. The summed E-state index contributed by atoms with van der Waals surface area (Å²) in [6.07, 6.45) is 1.69. The molecule has 0 aliphatic carbocycles. The van der Waals surface area contributed by atoms with Gasteiger partial charge in [0.15, 0.2) is 0 Å². The predicted octanol–water partition coefficient (Wildman–Crippen LogP) is 0.784. The monoisotopic (exact) mass is 354 g/mol. The third-order valence-electron chi connectivity index (χ3n) is 3.52. The molecule has 2 N–H and O–H groups in total. The first-order chi connectivity index (χ1) is 10.1. The SMILES string of the molecule is CNC(=O)CN1CCC(NC(=O)c2cccc(Br)n2)CC1. The highest BCUT2D eigenvalue weighted by molar-refractivity contribution is 9.10. The van der Waals surface area contributed by atoms with Crippen molar-refractivity contribution in [3.63, 3.8) is 0 Å². The predicted molar refractivity (Wildman–Crippen MR) is 82.9 cm³/mol. The van der Waals surface area contributed by atoms with E-state index in [-0.39, 0.29) is 17.9 Å². The lowest BCUT2D eigenvalue weighted by Gasteiger charge is -2.31. The molecule has 2 amide bonds. The van der Waals surface area contributed by atoms with Gasteiger partial charge in [0.1, 0.15) is 10.3 Å². The van der Waals surface area contributed by atoms with Crippen molar-refractivity contribution in [3.05, 3.63) is 28.5 Å². The molecule has 0 unspecified atom stereocenters. The van der Waals surface area contributed by atoms with Crippen molar-refractivity contribution in [2.75, 3.05) is 26.7 Å². The topological polar surface area (TPSA) is 74.3 Å². The van der Waals surface area contributed by atoms with E-state index >= 15 is 0 Å². The summed E-state index contributed by atoms with van der Waals surface area (Å²) in [5, 5.41) is 5.62. The van der Waals surface area contributed by atoms with Crippen molar-refractivity contribution in [2.45, 2.75) is 18.9 Å². The second-order valence-electron chi connectivity index (χ2n) is 5.04. The van der Waals surface area contributed by atoms with Crippen LogP contribution < -0.4 is 10.6 Å². The number of likely N-dealkylation sites (N-methyl/N-ethyl adjacent to an activating group) is 1. The highest BCUT2D eigenvalue weighted by atomic mass is 79.9. The zero-order valence-electron chi connectivity index (χ0n) is 11.9. The van der Waals surface area contributed by atoms with Crippen LogP contribution in [-0.4, -0.2) is 54.4 Å². The van der Waals surface area contributed by atoms with Gasteiger partial charge in [0.2, 0.25) is 5.91 Å². The fourth-order valence-electron chi connectivity index (χ4n) is 2.31. The van der Waals surface area contributed by atoms with Gasteiger partial charge in [-0.2, -0.15) is 0 Å². The van der Waals surface area contributed by atoms with Crippen molar-refractivity contribution in [2.24, 2.45) is 0 Å². The van der Waals surface area contributed by atoms with E-state index in [2.05, 4.69) is 36.4 Å².